The van der Waals surface area contributed by atoms with Crippen molar-refractivity contribution in [3.8, 4) is 0 Å². The van der Waals surface area contributed by atoms with Crippen LogP contribution in [0.15, 0.2) is 30.3 Å². The molecule has 1 aromatic rings. The lowest BCUT2D eigenvalue weighted by atomic mass is 9.82. The van der Waals surface area contributed by atoms with Gasteiger partial charge in [0.1, 0.15) is 0 Å². The summed E-state index contributed by atoms with van der Waals surface area (Å²) in [6.45, 7) is 7.83. The predicted molar refractivity (Wildman–Crippen MR) is 74.9 cm³/mol. The quantitative estimate of drug-likeness (QED) is 0.766. The van der Waals surface area contributed by atoms with E-state index < -0.39 is 0 Å². The summed E-state index contributed by atoms with van der Waals surface area (Å²) < 4.78 is 5.12. The zero-order chi connectivity index (χ0) is 13.4. The molecule has 0 saturated heterocycles. The highest BCUT2D eigenvalue weighted by Gasteiger charge is 2.27. The van der Waals surface area contributed by atoms with Gasteiger partial charge in [-0.2, -0.15) is 0 Å². The molecule has 0 fully saturated rings. The van der Waals surface area contributed by atoms with Crippen LogP contribution < -0.4 is 0 Å². The maximum Gasteiger partial charge on any atom is 0.0589 e. The van der Waals surface area contributed by atoms with Crippen molar-refractivity contribution < 1.29 is 9.84 Å². The molecule has 0 radical (unpaired) electrons. The Bertz CT molecular complexity index is 329. The minimum atomic E-state index is -0.217. The van der Waals surface area contributed by atoms with Crippen molar-refractivity contribution in [1.29, 1.82) is 0 Å². The van der Waals surface area contributed by atoms with Crippen LogP contribution in [0.4, 0.5) is 0 Å². The molecule has 0 spiro atoms. The van der Waals surface area contributed by atoms with Crippen molar-refractivity contribution >= 4 is 0 Å². The molecule has 0 heterocycles. The van der Waals surface area contributed by atoms with Gasteiger partial charge < -0.3 is 14.7 Å². The summed E-state index contributed by atoms with van der Waals surface area (Å²) in [6, 6.07) is 10.2. The van der Waals surface area contributed by atoms with E-state index in [1.54, 1.807) is 7.11 Å². The van der Waals surface area contributed by atoms with Gasteiger partial charge in [-0.15, -0.1) is 0 Å². The van der Waals surface area contributed by atoms with Crippen LogP contribution in [0.2, 0.25) is 0 Å². The molecule has 3 heteroatoms. The fourth-order valence-electron chi connectivity index (χ4n) is 2.14. The molecular weight excluding hydrogens is 226 g/mol. The number of aliphatic hydroxyl groups is 1. The van der Waals surface area contributed by atoms with E-state index in [4.69, 9.17) is 4.74 Å². The molecule has 18 heavy (non-hydrogen) atoms. The second-order valence-corrected chi connectivity index (χ2v) is 4.95. The van der Waals surface area contributed by atoms with Gasteiger partial charge in [0.05, 0.1) is 13.2 Å². The Morgan fingerprint density at radius 1 is 1.28 bits per heavy atom. The highest BCUT2D eigenvalue weighted by Crippen LogP contribution is 2.24. The monoisotopic (exact) mass is 251 g/mol. The minimum absolute atomic E-state index is 0.153. The van der Waals surface area contributed by atoms with Gasteiger partial charge in [0.2, 0.25) is 0 Å². The van der Waals surface area contributed by atoms with Crippen molar-refractivity contribution in [2.24, 2.45) is 0 Å². The van der Waals surface area contributed by atoms with Crippen LogP contribution in [0.3, 0.4) is 0 Å². The van der Waals surface area contributed by atoms with E-state index in [-0.39, 0.29) is 12.0 Å². The van der Waals surface area contributed by atoms with Crippen LogP contribution in [-0.2, 0) is 10.2 Å². The van der Waals surface area contributed by atoms with Crippen LogP contribution in [0.25, 0.3) is 0 Å². The van der Waals surface area contributed by atoms with E-state index >= 15 is 0 Å². The lowest BCUT2D eigenvalue weighted by Gasteiger charge is -2.34. The molecule has 0 amide bonds. The van der Waals surface area contributed by atoms with Crippen molar-refractivity contribution in [1.82, 2.24) is 4.90 Å². The molecule has 1 unspecified atom stereocenters. The number of rotatable bonds is 8. The van der Waals surface area contributed by atoms with E-state index in [1.807, 2.05) is 18.2 Å². The third-order valence-electron chi connectivity index (χ3n) is 3.45. The number of benzene rings is 1. The average molecular weight is 251 g/mol. The fraction of sp³-hybridized carbons (Fsp3) is 0.600. The predicted octanol–water partition coefficient (Wildman–Crippen LogP) is 1.90. The highest BCUT2D eigenvalue weighted by atomic mass is 16.5. The Morgan fingerprint density at radius 2 is 1.94 bits per heavy atom. The van der Waals surface area contributed by atoms with Crippen molar-refractivity contribution in [3.63, 3.8) is 0 Å². The van der Waals surface area contributed by atoms with Crippen LogP contribution >= 0.6 is 0 Å². The molecule has 1 rings (SSSR count). The Labute approximate surface area is 110 Å². The maximum absolute atomic E-state index is 9.75. The van der Waals surface area contributed by atoms with Crippen molar-refractivity contribution in [2.45, 2.75) is 19.3 Å². The van der Waals surface area contributed by atoms with Crippen molar-refractivity contribution in [2.75, 3.05) is 40.0 Å². The summed E-state index contributed by atoms with van der Waals surface area (Å²) in [5.74, 6) is 0. The summed E-state index contributed by atoms with van der Waals surface area (Å²) in [5, 5.41) is 9.75. The zero-order valence-corrected chi connectivity index (χ0v) is 11.7. The molecule has 0 saturated carbocycles. The molecule has 0 aliphatic heterocycles. The molecule has 0 aromatic heterocycles. The summed E-state index contributed by atoms with van der Waals surface area (Å²) in [7, 11) is 1.72. The molecule has 3 nitrogen and oxygen atoms in total. The maximum atomic E-state index is 9.75. The molecule has 0 bridgehead atoms. The molecule has 1 aromatic carbocycles. The number of nitrogens with zero attached hydrogens (tertiary/aromatic N) is 1. The standard InChI is InChI=1S/C15H25NO2/c1-4-16(10-11-18-3)12-15(2,13-17)14-8-6-5-7-9-14/h5-9,17H,4,10-13H2,1-3H3. The largest absolute Gasteiger partial charge is 0.395 e. The molecule has 1 N–H and O–H groups in total. The lowest BCUT2D eigenvalue weighted by Crippen LogP contribution is -2.42. The van der Waals surface area contributed by atoms with Crippen LogP contribution in [-0.4, -0.2) is 50.0 Å². The summed E-state index contributed by atoms with van der Waals surface area (Å²) in [6.07, 6.45) is 0. The van der Waals surface area contributed by atoms with Crippen LogP contribution in [0, 0.1) is 0 Å². The Morgan fingerprint density at radius 3 is 2.44 bits per heavy atom. The first-order valence-electron chi connectivity index (χ1n) is 6.54. The molecular formula is C15H25NO2. The van der Waals surface area contributed by atoms with Gasteiger partial charge in [0.25, 0.3) is 0 Å². The summed E-state index contributed by atoms with van der Waals surface area (Å²) >= 11 is 0. The Balaban J connectivity index is 2.75. The smallest absolute Gasteiger partial charge is 0.0589 e. The molecule has 0 aliphatic rings. The first-order valence-corrected chi connectivity index (χ1v) is 6.54. The number of hydrogen-bond donors (Lipinski definition) is 1. The third kappa shape index (κ3) is 4.09. The van der Waals surface area contributed by atoms with E-state index in [9.17, 15) is 5.11 Å². The van der Waals surface area contributed by atoms with Gasteiger partial charge in [0, 0.05) is 25.6 Å². The van der Waals surface area contributed by atoms with E-state index in [0.717, 1.165) is 26.2 Å². The van der Waals surface area contributed by atoms with Crippen molar-refractivity contribution in [3.05, 3.63) is 35.9 Å². The molecule has 0 aliphatic carbocycles. The Kier molecular flexibility index (Phi) is 6.33. The fourth-order valence-corrected chi connectivity index (χ4v) is 2.14. The number of hydrogen-bond acceptors (Lipinski definition) is 3. The van der Waals surface area contributed by atoms with E-state index in [2.05, 4.69) is 30.9 Å². The van der Waals surface area contributed by atoms with E-state index in [0.29, 0.717) is 0 Å². The summed E-state index contributed by atoms with van der Waals surface area (Å²) in [4.78, 5) is 2.31. The van der Waals surface area contributed by atoms with Crippen LogP contribution in [0.5, 0.6) is 0 Å². The Hall–Kier alpha value is -0.900. The topological polar surface area (TPSA) is 32.7 Å². The van der Waals surface area contributed by atoms with Gasteiger partial charge in [-0.05, 0) is 12.1 Å². The number of ether oxygens (including phenoxy) is 1. The summed E-state index contributed by atoms with van der Waals surface area (Å²) in [5.41, 5.74) is 0.966. The first-order chi connectivity index (χ1) is 8.66. The van der Waals surface area contributed by atoms with Gasteiger partial charge in [-0.1, -0.05) is 44.2 Å². The normalized spacial score (nSPS) is 14.7. The molecule has 102 valence electrons. The van der Waals surface area contributed by atoms with Gasteiger partial charge in [-0.25, -0.2) is 0 Å². The number of aliphatic hydroxyl groups excluding tert-OH is 1. The number of likely N-dealkylation sites (N-methyl/N-ethyl adjacent to an activating group) is 1. The van der Waals surface area contributed by atoms with Gasteiger partial charge in [0.15, 0.2) is 0 Å². The van der Waals surface area contributed by atoms with Gasteiger partial charge in [-0.3, -0.25) is 0 Å². The average Bonchev–Trinajstić information content (AvgIpc) is 2.44. The third-order valence-corrected chi connectivity index (χ3v) is 3.45. The SMILES string of the molecule is CCN(CCOC)CC(C)(CO)c1ccccc1. The second kappa shape index (κ2) is 7.52. The van der Waals surface area contributed by atoms with Crippen LogP contribution in [0.1, 0.15) is 19.4 Å². The lowest BCUT2D eigenvalue weighted by molar-refractivity contribution is 0.112. The second-order valence-electron chi connectivity index (χ2n) is 4.95. The van der Waals surface area contributed by atoms with Gasteiger partial charge >= 0.3 is 0 Å². The number of methoxy groups -OCH3 is 1. The first kappa shape index (κ1) is 15.2. The molecule has 1 atom stereocenters. The zero-order valence-electron chi connectivity index (χ0n) is 11.7. The highest BCUT2D eigenvalue weighted by molar-refractivity contribution is 5.25. The minimum Gasteiger partial charge on any atom is -0.395 e. The van der Waals surface area contributed by atoms with E-state index in [1.165, 1.54) is 5.56 Å².